The summed E-state index contributed by atoms with van der Waals surface area (Å²) in [5, 5.41) is 0.482. The minimum Gasteiger partial charge on any atom is -0.526 e. The van der Waals surface area contributed by atoms with E-state index in [2.05, 4.69) is 0 Å². The summed E-state index contributed by atoms with van der Waals surface area (Å²) in [6, 6.07) is 18.8. The molecule has 2 fully saturated rings. The molecule has 0 bridgehead atoms. The Morgan fingerprint density at radius 1 is 0.570 bits per heavy atom. The lowest BCUT2D eigenvalue weighted by Crippen LogP contribution is -2.47. The summed E-state index contributed by atoms with van der Waals surface area (Å²) in [5.74, 6) is -0.0676. The molecule has 1 radical (unpaired) electrons. The van der Waals surface area contributed by atoms with Crippen LogP contribution >= 0.6 is 45.9 Å². The zero-order valence-corrected chi connectivity index (χ0v) is 49.2. The van der Waals surface area contributed by atoms with Crippen LogP contribution in [0.25, 0.3) is 20.2 Å². The number of carbonyl (C=O) groups is 4. The van der Waals surface area contributed by atoms with Crippen molar-refractivity contribution in [1.29, 1.82) is 0 Å². The highest BCUT2D eigenvalue weighted by Gasteiger charge is 2.38. The van der Waals surface area contributed by atoms with E-state index in [1.54, 1.807) is 94.4 Å². The average Bonchev–Trinajstić information content (AvgIpc) is 4.10. The van der Waals surface area contributed by atoms with Crippen LogP contribution < -0.4 is 18.8 Å². The highest BCUT2D eigenvalue weighted by atomic mass is 35.5. The number of amides is 4. The molecule has 0 aliphatic heterocycles. The van der Waals surface area contributed by atoms with Gasteiger partial charge in [0.2, 0.25) is 0 Å². The molecule has 0 N–H and O–H groups in total. The van der Waals surface area contributed by atoms with Crippen LogP contribution in [0.2, 0.25) is 10.0 Å². The number of fused-ring (bicyclic) bond motifs is 2. The molecule has 2 heterocycles. The first kappa shape index (κ1) is 59.1. The van der Waals surface area contributed by atoms with Gasteiger partial charge in [-0.25, -0.2) is 18.4 Å². The number of carbonyl (C=O) groups excluding carboxylic acids is 4. The van der Waals surface area contributed by atoms with Gasteiger partial charge in [0.15, 0.2) is 0 Å². The van der Waals surface area contributed by atoms with Crippen LogP contribution in [0, 0.1) is 11.6 Å². The largest absolute Gasteiger partial charge is 0.658 e. The van der Waals surface area contributed by atoms with Gasteiger partial charge in [0.25, 0.3) is 11.8 Å². The fraction of sp³-hybridized carbons (Fsp3) is 0.448. The van der Waals surface area contributed by atoms with Crippen LogP contribution in [0.5, 0.6) is 23.0 Å². The lowest BCUT2D eigenvalue weighted by atomic mass is 9.89. The molecule has 4 amide bonds. The van der Waals surface area contributed by atoms with Crippen LogP contribution in [0.4, 0.5) is 18.4 Å². The number of benzene rings is 4. The van der Waals surface area contributed by atoms with Gasteiger partial charge < -0.3 is 47.9 Å². The monoisotopic (exact) mass is 1160 g/mol. The van der Waals surface area contributed by atoms with E-state index in [-0.39, 0.29) is 79.6 Å². The number of hydrogen-bond acceptors (Lipinski definition) is 12. The van der Waals surface area contributed by atoms with Crippen LogP contribution in [-0.2, 0) is 22.6 Å². The Morgan fingerprint density at radius 2 is 0.924 bits per heavy atom. The molecule has 2 aromatic heterocycles. The van der Waals surface area contributed by atoms with Crippen molar-refractivity contribution in [2.45, 2.75) is 141 Å². The second-order valence-corrected chi connectivity index (χ2v) is 24.8. The molecule has 79 heavy (non-hydrogen) atoms. The number of ether oxygens (including phenoxy) is 4. The standard InChI is InChI=1S/C58H66BCl2F2N4O10S2/c1-57(2,3)74-55(70)64(7)35-17-21-37(22-18-35)66(53(68)51-49(60)47-41(62)13-11-15-45(47)78-51)31-33-29-39(25-27-43(33)72-9)76-59-77-40-26-28-44(73-10)34(30-40)32-67(54(69)52-50(61)48-42(63)14-12-16-46(48)79-52)38-23-19-36(20-24-38)65(8)56(71)75-58(4,5)6/h11-16,25-30,35-38H,17-24,31-32H2,1-10H3. The average molecular weight is 1160 g/mol. The molecule has 8 rings (SSSR count). The summed E-state index contributed by atoms with van der Waals surface area (Å²) < 4.78 is 66.5. The van der Waals surface area contributed by atoms with Crippen LogP contribution in [-0.4, -0.2) is 115 Å². The van der Waals surface area contributed by atoms with E-state index in [0.29, 0.717) is 94.9 Å². The van der Waals surface area contributed by atoms with E-state index in [4.69, 9.17) is 51.5 Å². The minimum atomic E-state index is -0.658. The summed E-state index contributed by atoms with van der Waals surface area (Å²) in [4.78, 5) is 62.9. The Kier molecular flexibility index (Phi) is 18.5. The second-order valence-electron chi connectivity index (χ2n) is 22.0. The maximum Gasteiger partial charge on any atom is 0.658 e. The van der Waals surface area contributed by atoms with E-state index in [1.165, 1.54) is 34.0 Å². The molecule has 2 aliphatic rings. The Labute approximate surface area is 479 Å². The van der Waals surface area contributed by atoms with Gasteiger partial charge in [-0.1, -0.05) is 35.3 Å². The SMILES string of the molecule is COc1ccc(O[B]Oc2ccc(OC)c(CN(C(=O)c3sc4cccc(F)c4c3Cl)C3CCC(N(C)C(=O)OC(C)(C)C)CC3)c2)cc1CN(C(=O)c1sc2cccc(F)c2c1Cl)C1CCC(N(C)C(=O)OC(C)(C)C)CC1. The summed E-state index contributed by atoms with van der Waals surface area (Å²) in [5.41, 5.74) is -0.0901. The van der Waals surface area contributed by atoms with Gasteiger partial charge in [-0.05, 0) is 154 Å². The van der Waals surface area contributed by atoms with Crippen LogP contribution in [0.3, 0.4) is 0 Å². The number of nitrogens with zero attached hydrogens (tertiary/aromatic N) is 4. The quantitative estimate of drug-likeness (QED) is 0.0861. The summed E-state index contributed by atoms with van der Waals surface area (Å²) in [6.45, 7) is 11.1. The maximum atomic E-state index is 15.1. The van der Waals surface area contributed by atoms with Crippen LogP contribution in [0.15, 0.2) is 72.8 Å². The van der Waals surface area contributed by atoms with Crippen molar-refractivity contribution in [3.8, 4) is 23.0 Å². The number of rotatable bonds is 16. The molecule has 421 valence electrons. The van der Waals surface area contributed by atoms with E-state index in [1.807, 2.05) is 41.5 Å². The summed E-state index contributed by atoms with van der Waals surface area (Å²) in [6.07, 6.45) is 3.81. The number of hydrogen-bond donors (Lipinski definition) is 0. The number of methoxy groups -OCH3 is 2. The predicted octanol–water partition coefficient (Wildman–Crippen LogP) is 14.4. The predicted molar refractivity (Wildman–Crippen MR) is 306 cm³/mol. The van der Waals surface area contributed by atoms with Gasteiger partial charge in [0, 0.05) is 69.6 Å². The van der Waals surface area contributed by atoms with Gasteiger partial charge in [0.05, 0.1) is 37.4 Å². The Hall–Kier alpha value is -6.02. The zero-order valence-electron chi connectivity index (χ0n) is 46.1. The summed E-state index contributed by atoms with van der Waals surface area (Å²) in [7, 11) is 7.70. The lowest BCUT2D eigenvalue weighted by Gasteiger charge is -2.40. The third-order valence-electron chi connectivity index (χ3n) is 14.3. The first-order valence-corrected chi connectivity index (χ1v) is 28.6. The maximum absolute atomic E-state index is 15.1. The fourth-order valence-electron chi connectivity index (χ4n) is 10.3. The number of halogens is 4. The molecule has 21 heteroatoms. The Balaban J connectivity index is 1.01. The third kappa shape index (κ3) is 13.8. The Bertz CT molecular complexity index is 3000. The molecular weight excluding hydrogens is 1100 g/mol. The Morgan fingerprint density at radius 3 is 1.25 bits per heavy atom. The van der Waals surface area contributed by atoms with Crippen molar-refractivity contribution in [3.05, 3.63) is 115 Å². The van der Waals surface area contributed by atoms with Crippen LogP contribution in [0.1, 0.15) is 123 Å². The lowest BCUT2D eigenvalue weighted by molar-refractivity contribution is 0.0138. The molecule has 0 saturated heterocycles. The topological polar surface area (TPSA) is 137 Å². The molecule has 2 saturated carbocycles. The van der Waals surface area contributed by atoms with Crippen molar-refractivity contribution in [2.24, 2.45) is 0 Å². The summed E-state index contributed by atoms with van der Waals surface area (Å²) >= 11 is 15.9. The van der Waals surface area contributed by atoms with Gasteiger partial charge >= 0.3 is 19.9 Å². The van der Waals surface area contributed by atoms with E-state index in [0.717, 1.165) is 22.7 Å². The first-order chi connectivity index (χ1) is 37.4. The zero-order chi connectivity index (χ0) is 57.1. The van der Waals surface area contributed by atoms with Crippen molar-refractivity contribution in [1.82, 2.24) is 19.6 Å². The van der Waals surface area contributed by atoms with Gasteiger partial charge in [0.1, 0.15) is 55.6 Å². The highest BCUT2D eigenvalue weighted by Crippen LogP contribution is 2.42. The fourth-order valence-corrected chi connectivity index (χ4v) is 13.3. The van der Waals surface area contributed by atoms with Gasteiger partial charge in [-0.2, -0.15) is 0 Å². The molecule has 14 nitrogen and oxygen atoms in total. The minimum absolute atomic E-state index is 0.0489. The number of thiophene rings is 2. The van der Waals surface area contributed by atoms with Gasteiger partial charge in [-0.3, -0.25) is 9.59 Å². The molecule has 0 atom stereocenters. The van der Waals surface area contributed by atoms with Crippen molar-refractivity contribution in [2.75, 3.05) is 28.3 Å². The molecule has 0 spiro atoms. The van der Waals surface area contributed by atoms with Crippen molar-refractivity contribution in [3.63, 3.8) is 0 Å². The molecule has 0 unspecified atom stereocenters. The van der Waals surface area contributed by atoms with Crippen molar-refractivity contribution >= 4 is 97.7 Å². The highest BCUT2D eigenvalue weighted by molar-refractivity contribution is 7.22. The molecule has 4 aromatic carbocycles. The molecular formula is C58H66BCl2F2N4O10S2. The third-order valence-corrected chi connectivity index (χ3v) is 17.6. The molecule has 6 aromatic rings. The van der Waals surface area contributed by atoms with Crippen molar-refractivity contribution < 1.29 is 56.2 Å². The molecule has 2 aliphatic carbocycles. The first-order valence-electron chi connectivity index (χ1n) is 26.2. The second kappa shape index (κ2) is 24.8. The smallest absolute Gasteiger partial charge is 0.526 e. The van der Waals surface area contributed by atoms with E-state index >= 15 is 8.78 Å². The van der Waals surface area contributed by atoms with Gasteiger partial charge in [-0.15, -0.1) is 22.7 Å². The van der Waals surface area contributed by atoms with E-state index in [9.17, 15) is 19.2 Å². The van der Waals surface area contributed by atoms with E-state index < -0.39 is 35.0 Å². The normalized spacial score (nSPS) is 17.6.